The van der Waals surface area contributed by atoms with E-state index in [4.69, 9.17) is 21.3 Å². The molecule has 0 radical (unpaired) electrons. The zero-order valence-corrected chi connectivity index (χ0v) is 25.3. The quantitative estimate of drug-likeness (QED) is 0.218. The molecule has 1 saturated heterocycles. The van der Waals surface area contributed by atoms with Crippen LogP contribution in [-0.2, 0) is 11.3 Å². The number of nitrogens with zero attached hydrogens (tertiary/aromatic N) is 4. The number of amides is 2. The Labute approximate surface area is 257 Å². The van der Waals surface area contributed by atoms with Crippen LogP contribution in [0, 0.1) is 11.3 Å². The van der Waals surface area contributed by atoms with Gasteiger partial charge in [-0.25, -0.2) is 9.79 Å². The topological polar surface area (TPSA) is 110 Å². The Morgan fingerprint density at radius 3 is 2.67 bits per heavy atom. The fraction of sp³-hybridized carbons (Fsp3) is 0.200. The molecule has 0 unspecified atom stereocenters. The van der Waals surface area contributed by atoms with Gasteiger partial charge in [0.15, 0.2) is 5.17 Å². The third kappa shape index (κ3) is 6.36. The van der Waals surface area contributed by atoms with E-state index in [-0.39, 0.29) is 11.8 Å². The SMILES string of the molecule is CCNc1ccc(C#N)cc1N=C1S/C(=C2\Sc3ccc(OC(=O)NCCCl)cc3N2C)C(=O)N1Cc1ccccc1. The fourth-order valence-corrected chi connectivity index (χ4v) is 6.75. The number of thioether (sulfide) groups is 2. The van der Waals surface area contributed by atoms with Crippen molar-refractivity contribution in [1.29, 1.82) is 5.26 Å². The molecule has 2 aliphatic heterocycles. The second-order valence-electron chi connectivity index (χ2n) is 9.18. The molecule has 2 aliphatic rings. The lowest BCUT2D eigenvalue weighted by molar-refractivity contribution is -0.122. The van der Waals surface area contributed by atoms with E-state index in [9.17, 15) is 14.9 Å². The van der Waals surface area contributed by atoms with E-state index in [1.54, 1.807) is 29.2 Å². The predicted molar refractivity (Wildman–Crippen MR) is 169 cm³/mol. The van der Waals surface area contributed by atoms with Crippen molar-refractivity contribution in [2.45, 2.75) is 18.4 Å². The van der Waals surface area contributed by atoms with Gasteiger partial charge in [0.05, 0.1) is 40.3 Å². The number of halogens is 1. The van der Waals surface area contributed by atoms with Crippen LogP contribution in [-0.4, -0.2) is 48.1 Å². The Kier molecular flexibility index (Phi) is 9.27. The predicted octanol–water partition coefficient (Wildman–Crippen LogP) is 6.49. The van der Waals surface area contributed by atoms with Gasteiger partial charge >= 0.3 is 6.09 Å². The van der Waals surface area contributed by atoms with E-state index < -0.39 is 6.09 Å². The molecular weight excluding hydrogens is 592 g/mol. The van der Waals surface area contributed by atoms with Crippen molar-refractivity contribution in [2.75, 3.05) is 36.2 Å². The summed E-state index contributed by atoms with van der Waals surface area (Å²) in [7, 11) is 1.88. The molecule has 0 bridgehead atoms. The van der Waals surface area contributed by atoms with E-state index >= 15 is 0 Å². The van der Waals surface area contributed by atoms with Gasteiger partial charge in [-0.3, -0.25) is 9.69 Å². The lowest BCUT2D eigenvalue weighted by Gasteiger charge is -2.17. The van der Waals surface area contributed by atoms with Crippen molar-refractivity contribution in [2.24, 2.45) is 4.99 Å². The summed E-state index contributed by atoms with van der Waals surface area (Å²) in [6.45, 7) is 3.31. The number of fused-ring (bicyclic) bond motifs is 1. The number of carbonyl (C=O) groups is 2. The minimum atomic E-state index is -0.584. The molecule has 3 aromatic rings. The highest BCUT2D eigenvalue weighted by Gasteiger charge is 2.39. The van der Waals surface area contributed by atoms with Gasteiger partial charge in [-0.2, -0.15) is 5.26 Å². The Morgan fingerprint density at radius 2 is 1.93 bits per heavy atom. The van der Waals surface area contributed by atoms with Crippen LogP contribution in [0.15, 0.2) is 86.6 Å². The number of ether oxygens (including phenoxy) is 1. The average molecular weight is 619 g/mol. The molecule has 0 atom stereocenters. The first kappa shape index (κ1) is 29.4. The van der Waals surface area contributed by atoms with Crippen LogP contribution in [0.4, 0.5) is 21.9 Å². The first-order chi connectivity index (χ1) is 20.4. The van der Waals surface area contributed by atoms with Crippen LogP contribution in [0.2, 0.25) is 0 Å². The van der Waals surface area contributed by atoms with Gasteiger partial charge < -0.3 is 20.3 Å². The molecule has 12 heteroatoms. The molecule has 2 heterocycles. The van der Waals surface area contributed by atoms with Crippen LogP contribution in [0.3, 0.4) is 0 Å². The molecule has 42 heavy (non-hydrogen) atoms. The summed E-state index contributed by atoms with van der Waals surface area (Å²) in [6, 6.07) is 22.6. The monoisotopic (exact) mass is 618 g/mol. The van der Waals surface area contributed by atoms with E-state index in [0.29, 0.717) is 46.7 Å². The number of alkyl halides is 1. The van der Waals surface area contributed by atoms with Gasteiger partial charge in [0.1, 0.15) is 10.7 Å². The zero-order chi connectivity index (χ0) is 29.6. The van der Waals surface area contributed by atoms with Crippen LogP contribution >= 0.6 is 35.1 Å². The maximum Gasteiger partial charge on any atom is 0.412 e. The van der Waals surface area contributed by atoms with Crippen LogP contribution in [0.1, 0.15) is 18.1 Å². The minimum Gasteiger partial charge on any atom is -0.410 e. The van der Waals surface area contributed by atoms with Crippen LogP contribution < -0.4 is 20.3 Å². The molecule has 0 saturated carbocycles. The molecular formula is C30H27ClN6O3S2. The lowest BCUT2D eigenvalue weighted by atomic mass is 10.2. The molecule has 2 amide bonds. The number of carbonyl (C=O) groups excluding carboxylic acids is 2. The van der Waals surface area contributed by atoms with E-state index in [1.165, 1.54) is 23.5 Å². The Morgan fingerprint density at radius 1 is 1.12 bits per heavy atom. The number of nitrogens with one attached hydrogen (secondary N) is 2. The maximum atomic E-state index is 14.0. The van der Waals surface area contributed by atoms with Gasteiger partial charge in [0, 0.05) is 37.0 Å². The molecule has 2 N–H and O–H groups in total. The average Bonchev–Trinajstić information content (AvgIpc) is 3.48. The van der Waals surface area contributed by atoms with Crippen LogP contribution in [0.5, 0.6) is 5.75 Å². The summed E-state index contributed by atoms with van der Waals surface area (Å²) in [4.78, 5) is 36.0. The van der Waals surface area contributed by atoms with Crippen molar-refractivity contribution in [3.8, 4) is 11.8 Å². The minimum absolute atomic E-state index is 0.164. The summed E-state index contributed by atoms with van der Waals surface area (Å²) < 4.78 is 5.40. The molecule has 1 fully saturated rings. The lowest BCUT2D eigenvalue weighted by Crippen LogP contribution is -2.29. The molecule has 5 rings (SSSR count). The Hall–Kier alpha value is -4.11. The van der Waals surface area contributed by atoms with E-state index in [2.05, 4.69) is 16.7 Å². The van der Waals surface area contributed by atoms with Gasteiger partial charge in [0.25, 0.3) is 5.91 Å². The number of benzene rings is 3. The summed E-state index contributed by atoms with van der Waals surface area (Å²) in [6.07, 6.45) is -0.584. The molecule has 9 nitrogen and oxygen atoms in total. The molecule has 0 aromatic heterocycles. The number of amidine groups is 1. The van der Waals surface area contributed by atoms with Crippen molar-refractivity contribution < 1.29 is 14.3 Å². The second kappa shape index (κ2) is 13.2. The molecule has 3 aromatic carbocycles. The Bertz CT molecular complexity index is 1620. The second-order valence-corrected chi connectivity index (χ2v) is 11.6. The summed E-state index contributed by atoms with van der Waals surface area (Å²) in [5.74, 6) is 0.503. The molecule has 0 aliphatic carbocycles. The summed E-state index contributed by atoms with van der Waals surface area (Å²) in [5.41, 5.74) is 3.62. The highest BCUT2D eigenvalue weighted by molar-refractivity contribution is 8.19. The number of nitriles is 1. The number of hydrogen-bond donors (Lipinski definition) is 2. The molecule has 214 valence electrons. The zero-order valence-electron chi connectivity index (χ0n) is 22.9. The third-order valence-corrected chi connectivity index (χ3v) is 8.95. The standard InChI is InChI=1S/C30H27ClN6O3S2/c1-3-33-22-11-9-20(17-32)15-23(22)35-29-37(18-19-7-5-4-6-8-19)27(38)26(42-29)28-36(2)24-16-21(10-12-25(24)41-28)40-30(39)34-14-13-31/h4-12,15-16,33H,3,13-14,18H2,1-2H3,(H,34,39)/b28-26-,35-29?. The first-order valence-electron chi connectivity index (χ1n) is 13.1. The Balaban J connectivity index is 1.51. The number of anilines is 2. The van der Waals surface area contributed by atoms with Crippen molar-refractivity contribution in [1.82, 2.24) is 10.2 Å². The van der Waals surface area contributed by atoms with E-state index in [0.717, 1.165) is 26.9 Å². The maximum absolute atomic E-state index is 14.0. The van der Waals surface area contributed by atoms with Crippen molar-refractivity contribution in [3.05, 3.63) is 87.8 Å². The summed E-state index contributed by atoms with van der Waals surface area (Å²) in [5, 5.41) is 16.6. The fourth-order valence-electron chi connectivity index (χ4n) is 4.34. The largest absolute Gasteiger partial charge is 0.412 e. The summed E-state index contributed by atoms with van der Waals surface area (Å²) >= 11 is 8.41. The number of aliphatic imine (C=N–C) groups is 1. The molecule has 0 spiro atoms. The smallest absolute Gasteiger partial charge is 0.410 e. The first-order valence-corrected chi connectivity index (χ1v) is 15.3. The third-order valence-electron chi connectivity index (χ3n) is 6.33. The van der Waals surface area contributed by atoms with Gasteiger partial charge in [-0.05, 0) is 54.6 Å². The van der Waals surface area contributed by atoms with Crippen molar-refractivity contribution in [3.63, 3.8) is 0 Å². The highest BCUT2D eigenvalue weighted by Crippen LogP contribution is 2.51. The van der Waals surface area contributed by atoms with Gasteiger partial charge in [-0.15, -0.1) is 11.6 Å². The normalized spacial score (nSPS) is 16.9. The van der Waals surface area contributed by atoms with Crippen LogP contribution in [0.25, 0.3) is 0 Å². The number of rotatable bonds is 8. The van der Waals surface area contributed by atoms with Gasteiger partial charge in [-0.1, -0.05) is 42.1 Å². The van der Waals surface area contributed by atoms with Gasteiger partial charge in [0.2, 0.25) is 0 Å². The van der Waals surface area contributed by atoms with Crippen molar-refractivity contribution >= 4 is 69.4 Å². The van der Waals surface area contributed by atoms with E-state index in [1.807, 2.05) is 61.3 Å². The highest BCUT2D eigenvalue weighted by atomic mass is 35.5. The number of hydrogen-bond acceptors (Lipinski definition) is 9.